The van der Waals surface area contributed by atoms with E-state index in [-0.39, 0.29) is 5.91 Å². The van der Waals surface area contributed by atoms with Crippen molar-refractivity contribution in [1.82, 2.24) is 5.32 Å². The summed E-state index contributed by atoms with van der Waals surface area (Å²) in [5.74, 6) is 1.40. The third-order valence-corrected chi connectivity index (χ3v) is 4.81. The molecule has 1 N–H and O–H groups in total. The summed E-state index contributed by atoms with van der Waals surface area (Å²) in [4.78, 5) is 12.4. The highest BCUT2D eigenvalue weighted by Crippen LogP contribution is 2.20. The Morgan fingerprint density at radius 3 is 2.43 bits per heavy atom. The molecule has 3 aromatic rings. The normalized spacial score (nSPS) is 11.8. The first-order valence-electron chi connectivity index (χ1n) is 9.70. The highest BCUT2D eigenvalue weighted by molar-refractivity contribution is 5.83. The van der Waals surface area contributed by atoms with Crippen molar-refractivity contribution in [3.63, 3.8) is 0 Å². The zero-order chi connectivity index (χ0) is 19.9. The maximum atomic E-state index is 12.4. The number of nitrogens with one attached hydrogen (secondary N) is 1. The molecule has 4 nitrogen and oxygen atoms in total. The zero-order valence-electron chi connectivity index (χ0n) is 16.7. The van der Waals surface area contributed by atoms with E-state index in [4.69, 9.17) is 9.47 Å². The van der Waals surface area contributed by atoms with Crippen molar-refractivity contribution in [2.75, 3.05) is 13.2 Å². The van der Waals surface area contributed by atoms with Crippen LogP contribution in [0.1, 0.15) is 24.5 Å². The van der Waals surface area contributed by atoms with Gasteiger partial charge in [0.2, 0.25) is 0 Å². The second kappa shape index (κ2) is 9.27. The molecule has 3 aromatic carbocycles. The number of aryl methyl sites for hydroxylation is 2. The van der Waals surface area contributed by atoms with Crippen LogP contribution in [0.3, 0.4) is 0 Å². The lowest BCUT2D eigenvalue weighted by Crippen LogP contribution is -2.39. The average molecular weight is 377 g/mol. The molecule has 28 heavy (non-hydrogen) atoms. The number of hydrogen-bond acceptors (Lipinski definition) is 3. The zero-order valence-corrected chi connectivity index (χ0v) is 16.7. The van der Waals surface area contributed by atoms with Crippen LogP contribution in [0.5, 0.6) is 11.5 Å². The molecular weight excluding hydrogens is 350 g/mol. The van der Waals surface area contributed by atoms with Gasteiger partial charge in [-0.1, -0.05) is 43.3 Å². The summed E-state index contributed by atoms with van der Waals surface area (Å²) in [6, 6.07) is 20.0. The van der Waals surface area contributed by atoms with Crippen LogP contribution in [-0.2, 0) is 4.79 Å². The molecule has 0 bridgehead atoms. The monoisotopic (exact) mass is 377 g/mol. The Morgan fingerprint density at radius 1 is 0.929 bits per heavy atom. The van der Waals surface area contributed by atoms with Crippen LogP contribution in [0.4, 0.5) is 0 Å². The lowest BCUT2D eigenvalue weighted by Gasteiger charge is -2.18. The van der Waals surface area contributed by atoms with E-state index in [9.17, 15) is 4.79 Å². The largest absolute Gasteiger partial charge is 0.492 e. The van der Waals surface area contributed by atoms with Gasteiger partial charge in [0.15, 0.2) is 6.10 Å². The molecular formula is C24H27NO3. The van der Waals surface area contributed by atoms with Gasteiger partial charge in [0.1, 0.15) is 18.1 Å². The third-order valence-electron chi connectivity index (χ3n) is 4.81. The van der Waals surface area contributed by atoms with Crippen LogP contribution in [0.2, 0.25) is 0 Å². The number of rotatable bonds is 8. The first kappa shape index (κ1) is 19.7. The first-order chi connectivity index (χ1) is 13.6. The summed E-state index contributed by atoms with van der Waals surface area (Å²) in [6.45, 7) is 6.87. The smallest absolute Gasteiger partial charge is 0.261 e. The predicted molar refractivity (Wildman–Crippen MR) is 113 cm³/mol. The van der Waals surface area contributed by atoms with Crippen molar-refractivity contribution in [3.05, 3.63) is 71.8 Å². The lowest BCUT2D eigenvalue weighted by molar-refractivity contribution is -0.128. The Hall–Kier alpha value is -3.01. The summed E-state index contributed by atoms with van der Waals surface area (Å²) in [5, 5.41) is 5.21. The standard InChI is InChI=1S/C24H27NO3/c1-4-23(28-22-11-9-17(2)18(3)15-22)24(26)25-13-14-27-21-12-10-19-7-5-6-8-20(19)16-21/h5-12,15-16,23H,4,13-14H2,1-3H3,(H,25,26)/t23-/m0/s1. The van der Waals surface area contributed by atoms with Gasteiger partial charge >= 0.3 is 0 Å². The summed E-state index contributed by atoms with van der Waals surface area (Å²) in [6.07, 6.45) is 0.0902. The Bertz CT molecular complexity index is 951. The lowest BCUT2D eigenvalue weighted by atomic mass is 10.1. The molecule has 0 heterocycles. The SMILES string of the molecule is CC[C@H](Oc1ccc(C)c(C)c1)C(=O)NCCOc1ccc2ccccc2c1. The molecule has 0 saturated carbocycles. The maximum absolute atomic E-state index is 12.4. The highest BCUT2D eigenvalue weighted by atomic mass is 16.5. The van der Waals surface area contributed by atoms with Gasteiger partial charge in [-0.3, -0.25) is 4.79 Å². The molecule has 0 aliphatic carbocycles. The van der Waals surface area contributed by atoms with Crippen molar-refractivity contribution < 1.29 is 14.3 Å². The van der Waals surface area contributed by atoms with Crippen molar-refractivity contribution >= 4 is 16.7 Å². The van der Waals surface area contributed by atoms with E-state index in [0.29, 0.717) is 19.6 Å². The second-order valence-electron chi connectivity index (χ2n) is 6.91. The number of ether oxygens (including phenoxy) is 2. The van der Waals surface area contributed by atoms with Gasteiger partial charge in [0, 0.05) is 0 Å². The number of carbonyl (C=O) groups excluding carboxylic acids is 1. The molecule has 0 spiro atoms. The van der Waals surface area contributed by atoms with Gasteiger partial charge in [-0.2, -0.15) is 0 Å². The minimum absolute atomic E-state index is 0.122. The van der Waals surface area contributed by atoms with Gasteiger partial charge in [-0.15, -0.1) is 0 Å². The van der Waals surface area contributed by atoms with Gasteiger partial charge in [0.05, 0.1) is 6.54 Å². The van der Waals surface area contributed by atoms with E-state index in [2.05, 4.69) is 24.4 Å². The van der Waals surface area contributed by atoms with Gasteiger partial charge in [-0.05, 0) is 66.4 Å². The molecule has 0 radical (unpaired) electrons. The number of fused-ring (bicyclic) bond motifs is 1. The third kappa shape index (κ3) is 5.03. The Balaban J connectivity index is 1.48. The van der Waals surface area contributed by atoms with Crippen molar-refractivity contribution in [3.8, 4) is 11.5 Å². The van der Waals surface area contributed by atoms with Crippen LogP contribution in [0, 0.1) is 13.8 Å². The minimum Gasteiger partial charge on any atom is -0.492 e. The number of carbonyl (C=O) groups is 1. The molecule has 0 saturated heterocycles. The molecule has 146 valence electrons. The molecule has 0 aliphatic rings. The molecule has 3 rings (SSSR count). The van der Waals surface area contributed by atoms with Crippen LogP contribution in [0.15, 0.2) is 60.7 Å². The Morgan fingerprint density at radius 2 is 1.68 bits per heavy atom. The molecule has 0 aromatic heterocycles. The highest BCUT2D eigenvalue weighted by Gasteiger charge is 2.18. The quantitative estimate of drug-likeness (QED) is 0.573. The molecule has 0 fully saturated rings. The molecule has 0 unspecified atom stereocenters. The molecule has 1 amide bonds. The fourth-order valence-corrected chi connectivity index (χ4v) is 2.99. The van der Waals surface area contributed by atoms with Crippen molar-refractivity contribution in [2.24, 2.45) is 0 Å². The van der Waals surface area contributed by atoms with Gasteiger partial charge < -0.3 is 14.8 Å². The summed E-state index contributed by atoms with van der Waals surface area (Å²) < 4.78 is 11.6. The Kier molecular flexibility index (Phi) is 6.53. The predicted octanol–water partition coefficient (Wildman–Crippen LogP) is 4.81. The second-order valence-corrected chi connectivity index (χ2v) is 6.91. The molecule has 1 atom stereocenters. The van der Waals surface area contributed by atoms with E-state index >= 15 is 0 Å². The number of benzene rings is 3. The number of hydrogen-bond donors (Lipinski definition) is 1. The Labute approximate surface area is 166 Å². The fraction of sp³-hybridized carbons (Fsp3) is 0.292. The van der Waals surface area contributed by atoms with Gasteiger partial charge in [0.25, 0.3) is 5.91 Å². The summed E-state index contributed by atoms with van der Waals surface area (Å²) in [7, 11) is 0. The maximum Gasteiger partial charge on any atom is 0.261 e. The van der Waals surface area contributed by atoms with E-state index in [1.807, 2.05) is 62.4 Å². The van der Waals surface area contributed by atoms with Gasteiger partial charge in [-0.25, -0.2) is 0 Å². The van der Waals surface area contributed by atoms with E-state index in [1.54, 1.807) is 0 Å². The number of amides is 1. The fourth-order valence-electron chi connectivity index (χ4n) is 2.99. The summed E-state index contributed by atoms with van der Waals surface area (Å²) >= 11 is 0. The van der Waals surface area contributed by atoms with Crippen LogP contribution < -0.4 is 14.8 Å². The average Bonchev–Trinajstić information content (AvgIpc) is 2.71. The minimum atomic E-state index is -0.511. The van der Waals surface area contributed by atoms with E-state index in [0.717, 1.165) is 22.4 Å². The van der Waals surface area contributed by atoms with Crippen LogP contribution in [-0.4, -0.2) is 25.2 Å². The topological polar surface area (TPSA) is 47.6 Å². The van der Waals surface area contributed by atoms with E-state index in [1.165, 1.54) is 10.9 Å². The van der Waals surface area contributed by atoms with Crippen molar-refractivity contribution in [1.29, 1.82) is 0 Å². The van der Waals surface area contributed by atoms with Crippen LogP contribution in [0.25, 0.3) is 10.8 Å². The van der Waals surface area contributed by atoms with E-state index < -0.39 is 6.10 Å². The molecule has 0 aliphatic heterocycles. The molecule has 4 heteroatoms. The van der Waals surface area contributed by atoms with Crippen molar-refractivity contribution in [2.45, 2.75) is 33.3 Å². The first-order valence-corrected chi connectivity index (χ1v) is 9.70. The summed E-state index contributed by atoms with van der Waals surface area (Å²) in [5.41, 5.74) is 2.35. The van der Waals surface area contributed by atoms with Crippen LogP contribution >= 0.6 is 0 Å².